The Bertz CT molecular complexity index is 1130. The van der Waals surface area contributed by atoms with Crippen LogP contribution in [0.5, 0.6) is 5.75 Å². The van der Waals surface area contributed by atoms with Crippen molar-refractivity contribution in [2.75, 3.05) is 12.4 Å². The van der Waals surface area contributed by atoms with Crippen LogP contribution in [0, 0.1) is 0 Å². The van der Waals surface area contributed by atoms with Crippen molar-refractivity contribution < 1.29 is 9.53 Å². The Morgan fingerprint density at radius 1 is 0.808 bits per heavy atom. The Morgan fingerprint density at radius 2 is 1.46 bits per heavy atom. The van der Waals surface area contributed by atoms with Crippen LogP contribution in [0.15, 0.2) is 72.8 Å². The Kier molecular flexibility index (Phi) is 4.05. The van der Waals surface area contributed by atoms with Crippen LogP contribution in [-0.2, 0) is 4.79 Å². The maximum absolute atomic E-state index is 11.7. The molecule has 1 amide bonds. The minimum Gasteiger partial charge on any atom is -0.496 e. The summed E-state index contributed by atoms with van der Waals surface area (Å²) in [6, 6.07) is 24.5. The highest BCUT2D eigenvalue weighted by molar-refractivity contribution is 6.10. The fourth-order valence-corrected chi connectivity index (χ4v) is 3.46. The first kappa shape index (κ1) is 16.2. The summed E-state index contributed by atoms with van der Waals surface area (Å²) < 4.78 is 5.69. The van der Waals surface area contributed by atoms with E-state index in [0.29, 0.717) is 0 Å². The van der Waals surface area contributed by atoms with Crippen LogP contribution in [0.3, 0.4) is 0 Å². The molecule has 3 nitrogen and oxygen atoms in total. The van der Waals surface area contributed by atoms with E-state index in [-0.39, 0.29) is 5.91 Å². The van der Waals surface area contributed by atoms with E-state index in [1.165, 1.54) is 6.92 Å². The van der Waals surface area contributed by atoms with Crippen LogP contribution in [0.2, 0.25) is 0 Å². The van der Waals surface area contributed by atoms with Gasteiger partial charge in [-0.15, -0.1) is 0 Å². The van der Waals surface area contributed by atoms with E-state index in [1.54, 1.807) is 7.11 Å². The molecule has 3 heteroatoms. The van der Waals surface area contributed by atoms with E-state index in [1.807, 2.05) is 30.3 Å². The normalized spacial score (nSPS) is 10.8. The molecule has 0 saturated carbocycles. The predicted octanol–water partition coefficient (Wildman–Crippen LogP) is 5.63. The summed E-state index contributed by atoms with van der Waals surface area (Å²) in [6.07, 6.45) is 0. The first-order valence-corrected chi connectivity index (χ1v) is 8.54. The van der Waals surface area contributed by atoms with Gasteiger partial charge in [0.15, 0.2) is 0 Å². The molecule has 4 aromatic carbocycles. The third-order valence-corrected chi connectivity index (χ3v) is 4.57. The molecule has 0 aliphatic rings. The van der Waals surface area contributed by atoms with Crippen LogP contribution in [0.25, 0.3) is 32.7 Å². The summed E-state index contributed by atoms with van der Waals surface area (Å²) >= 11 is 0. The van der Waals surface area contributed by atoms with Gasteiger partial charge in [0.05, 0.1) is 7.11 Å². The smallest absolute Gasteiger partial charge is 0.221 e. The van der Waals surface area contributed by atoms with Gasteiger partial charge < -0.3 is 10.1 Å². The maximum Gasteiger partial charge on any atom is 0.221 e. The minimum atomic E-state index is -0.0854. The molecule has 1 N–H and O–H groups in total. The third kappa shape index (κ3) is 2.78. The van der Waals surface area contributed by atoms with Crippen LogP contribution >= 0.6 is 0 Å². The molecular weight excluding hydrogens is 322 g/mol. The molecule has 0 atom stereocenters. The number of carbonyl (C=O) groups is 1. The van der Waals surface area contributed by atoms with E-state index in [9.17, 15) is 4.79 Å². The number of methoxy groups -OCH3 is 1. The van der Waals surface area contributed by atoms with Gasteiger partial charge >= 0.3 is 0 Å². The largest absolute Gasteiger partial charge is 0.496 e. The molecule has 0 aromatic heterocycles. The zero-order valence-electron chi connectivity index (χ0n) is 14.7. The SMILES string of the molecule is COc1cc2ccccc2cc1-c1cccc2cccc(NC(C)=O)c12. The topological polar surface area (TPSA) is 38.3 Å². The van der Waals surface area contributed by atoms with Crippen molar-refractivity contribution in [3.05, 3.63) is 72.8 Å². The lowest BCUT2D eigenvalue weighted by Crippen LogP contribution is -2.06. The predicted molar refractivity (Wildman–Crippen MR) is 108 cm³/mol. The molecule has 26 heavy (non-hydrogen) atoms. The molecule has 0 fully saturated rings. The molecule has 0 heterocycles. The summed E-state index contributed by atoms with van der Waals surface area (Å²) in [6.45, 7) is 1.53. The van der Waals surface area contributed by atoms with Crippen molar-refractivity contribution in [2.45, 2.75) is 6.92 Å². The number of anilines is 1. The van der Waals surface area contributed by atoms with Gasteiger partial charge in [0.1, 0.15) is 5.75 Å². The number of carbonyl (C=O) groups excluding carboxylic acids is 1. The lowest BCUT2D eigenvalue weighted by Gasteiger charge is -2.15. The Hall–Kier alpha value is -3.33. The average molecular weight is 341 g/mol. The van der Waals surface area contributed by atoms with E-state index < -0.39 is 0 Å². The second-order valence-electron chi connectivity index (χ2n) is 6.29. The number of benzene rings is 4. The number of rotatable bonds is 3. The first-order chi connectivity index (χ1) is 12.7. The van der Waals surface area contributed by atoms with Crippen LogP contribution < -0.4 is 10.1 Å². The minimum absolute atomic E-state index is 0.0854. The molecule has 4 rings (SSSR count). The summed E-state index contributed by atoms with van der Waals surface area (Å²) in [5.41, 5.74) is 2.85. The van der Waals surface area contributed by atoms with Gasteiger partial charge in [-0.1, -0.05) is 54.6 Å². The van der Waals surface area contributed by atoms with E-state index >= 15 is 0 Å². The van der Waals surface area contributed by atoms with E-state index in [4.69, 9.17) is 4.74 Å². The lowest BCUT2D eigenvalue weighted by molar-refractivity contribution is -0.114. The molecule has 0 unspecified atom stereocenters. The van der Waals surface area contributed by atoms with E-state index in [2.05, 4.69) is 47.8 Å². The fourth-order valence-electron chi connectivity index (χ4n) is 3.46. The molecule has 0 bridgehead atoms. The maximum atomic E-state index is 11.7. The lowest BCUT2D eigenvalue weighted by atomic mass is 9.94. The molecule has 0 saturated heterocycles. The van der Waals surface area contributed by atoms with Gasteiger partial charge in [-0.25, -0.2) is 0 Å². The third-order valence-electron chi connectivity index (χ3n) is 4.57. The highest BCUT2D eigenvalue weighted by Gasteiger charge is 2.14. The summed E-state index contributed by atoms with van der Waals surface area (Å²) in [5, 5.41) is 7.32. The average Bonchev–Trinajstić information content (AvgIpc) is 2.66. The van der Waals surface area contributed by atoms with E-state index in [0.717, 1.165) is 44.1 Å². The summed E-state index contributed by atoms with van der Waals surface area (Å²) in [4.78, 5) is 11.7. The quantitative estimate of drug-likeness (QED) is 0.525. The van der Waals surface area contributed by atoms with Crippen molar-refractivity contribution >= 4 is 33.1 Å². The summed E-state index contributed by atoms with van der Waals surface area (Å²) in [5.74, 6) is 0.728. The van der Waals surface area contributed by atoms with Gasteiger partial charge in [0.25, 0.3) is 0 Å². The zero-order valence-corrected chi connectivity index (χ0v) is 14.7. The molecule has 0 radical (unpaired) electrons. The van der Waals surface area contributed by atoms with Crippen molar-refractivity contribution in [3.8, 4) is 16.9 Å². The highest BCUT2D eigenvalue weighted by atomic mass is 16.5. The standard InChI is InChI=1S/C23H19NO2/c1-15(25)24-21-12-6-10-16-9-5-11-19(23(16)21)20-13-17-7-3-4-8-18(17)14-22(20)26-2/h3-14H,1-2H3,(H,24,25). The Morgan fingerprint density at radius 3 is 2.15 bits per heavy atom. The van der Waals surface area contributed by atoms with Crippen LogP contribution in [-0.4, -0.2) is 13.0 Å². The molecule has 128 valence electrons. The van der Waals surface area contributed by atoms with Gasteiger partial charge in [0, 0.05) is 23.6 Å². The number of ether oxygens (including phenoxy) is 1. The van der Waals surface area contributed by atoms with Gasteiger partial charge in [-0.2, -0.15) is 0 Å². The monoisotopic (exact) mass is 341 g/mol. The molecular formula is C23H19NO2. The molecule has 0 aliphatic carbocycles. The highest BCUT2D eigenvalue weighted by Crippen LogP contribution is 2.40. The van der Waals surface area contributed by atoms with Crippen molar-refractivity contribution in [2.24, 2.45) is 0 Å². The number of nitrogens with one attached hydrogen (secondary N) is 1. The number of hydrogen-bond donors (Lipinski definition) is 1. The van der Waals surface area contributed by atoms with Crippen LogP contribution in [0.1, 0.15) is 6.92 Å². The van der Waals surface area contributed by atoms with Gasteiger partial charge in [0.2, 0.25) is 5.91 Å². The van der Waals surface area contributed by atoms with Crippen molar-refractivity contribution in [1.29, 1.82) is 0 Å². The zero-order chi connectivity index (χ0) is 18.1. The molecule has 0 spiro atoms. The van der Waals surface area contributed by atoms with Crippen LogP contribution in [0.4, 0.5) is 5.69 Å². The Balaban J connectivity index is 2.05. The second kappa shape index (κ2) is 6.52. The molecule has 4 aromatic rings. The Labute approximate surface area is 152 Å². The first-order valence-electron chi connectivity index (χ1n) is 8.54. The second-order valence-corrected chi connectivity index (χ2v) is 6.29. The number of fused-ring (bicyclic) bond motifs is 2. The summed E-state index contributed by atoms with van der Waals surface area (Å²) in [7, 11) is 1.69. The van der Waals surface area contributed by atoms with Gasteiger partial charge in [-0.05, 0) is 39.9 Å². The number of hydrogen-bond acceptors (Lipinski definition) is 2. The van der Waals surface area contributed by atoms with Crippen molar-refractivity contribution in [3.63, 3.8) is 0 Å². The number of amides is 1. The van der Waals surface area contributed by atoms with Crippen molar-refractivity contribution in [1.82, 2.24) is 0 Å². The fraction of sp³-hybridized carbons (Fsp3) is 0.0870. The van der Waals surface area contributed by atoms with Gasteiger partial charge in [-0.3, -0.25) is 4.79 Å². The molecule has 0 aliphatic heterocycles.